The van der Waals surface area contributed by atoms with Crippen molar-refractivity contribution in [2.24, 2.45) is 0 Å². The highest BCUT2D eigenvalue weighted by Gasteiger charge is 2.11. The second-order valence-electron chi connectivity index (χ2n) is 3.66. The van der Waals surface area contributed by atoms with Gasteiger partial charge in [0.25, 0.3) is 5.69 Å². The summed E-state index contributed by atoms with van der Waals surface area (Å²) >= 11 is 0. The molecule has 98 valence electrons. The minimum atomic E-state index is -0.497. The highest BCUT2D eigenvalue weighted by molar-refractivity contribution is 5.87. The Bertz CT molecular complexity index is 604. The molecule has 0 aliphatic rings. The van der Waals surface area contributed by atoms with Gasteiger partial charge in [-0.3, -0.25) is 10.1 Å². The number of benzene rings is 1. The summed E-state index contributed by atoms with van der Waals surface area (Å²) in [5.74, 6) is -0.497. The fourth-order valence-electron chi connectivity index (χ4n) is 1.52. The maximum atomic E-state index is 11.4. The molecule has 0 saturated heterocycles. The van der Waals surface area contributed by atoms with Crippen molar-refractivity contribution in [1.29, 1.82) is 0 Å². The minimum Gasteiger partial charge on any atom is -0.461 e. The maximum Gasteiger partial charge on any atom is 0.358 e. The molecular weight excluding hydrogens is 250 g/mol. The van der Waals surface area contributed by atoms with Gasteiger partial charge in [-0.2, -0.15) is 0 Å². The van der Waals surface area contributed by atoms with E-state index in [-0.39, 0.29) is 18.0 Å². The van der Waals surface area contributed by atoms with E-state index in [9.17, 15) is 14.9 Å². The highest BCUT2D eigenvalue weighted by Crippen LogP contribution is 2.15. The van der Waals surface area contributed by atoms with Crippen LogP contribution < -0.4 is 0 Å². The molecule has 2 rings (SSSR count). The number of nitro benzene ring substituents is 1. The molecule has 0 aliphatic carbocycles. The zero-order chi connectivity index (χ0) is 13.8. The van der Waals surface area contributed by atoms with Gasteiger partial charge in [-0.25, -0.2) is 9.78 Å². The molecule has 1 aromatic carbocycles. The molecule has 0 bridgehead atoms. The molecule has 7 heteroatoms. The molecule has 0 aliphatic heterocycles. The molecule has 2 aromatic rings. The fourth-order valence-corrected chi connectivity index (χ4v) is 1.52. The standard InChI is InChI=1S/C12H11N3O4/c1-2-19-12(16)11-7-14(8-13-11)9-3-5-10(6-4-9)15(17)18/h3-8H,2H2,1H3. The Morgan fingerprint density at radius 3 is 2.68 bits per heavy atom. The lowest BCUT2D eigenvalue weighted by Gasteiger charge is -2.00. The Hall–Kier alpha value is -2.70. The van der Waals surface area contributed by atoms with Crippen molar-refractivity contribution in [3.05, 3.63) is 52.6 Å². The smallest absolute Gasteiger partial charge is 0.358 e. The van der Waals surface area contributed by atoms with Gasteiger partial charge in [0.15, 0.2) is 5.69 Å². The molecule has 0 amide bonds. The lowest BCUT2D eigenvalue weighted by Crippen LogP contribution is -2.04. The molecule has 0 radical (unpaired) electrons. The molecule has 0 atom stereocenters. The number of carbonyl (C=O) groups excluding carboxylic acids is 1. The van der Waals surface area contributed by atoms with Crippen LogP contribution in [0.4, 0.5) is 5.69 Å². The highest BCUT2D eigenvalue weighted by atomic mass is 16.6. The molecule has 0 saturated carbocycles. The predicted molar refractivity (Wildman–Crippen MR) is 66.2 cm³/mol. The van der Waals surface area contributed by atoms with Crippen LogP contribution in [-0.2, 0) is 4.74 Å². The maximum absolute atomic E-state index is 11.4. The van der Waals surface area contributed by atoms with Crippen LogP contribution in [0.5, 0.6) is 0 Å². The summed E-state index contributed by atoms with van der Waals surface area (Å²) in [5, 5.41) is 10.5. The van der Waals surface area contributed by atoms with Crippen LogP contribution in [0.1, 0.15) is 17.4 Å². The summed E-state index contributed by atoms with van der Waals surface area (Å²) in [6.45, 7) is 1.99. The number of aromatic nitrogens is 2. The summed E-state index contributed by atoms with van der Waals surface area (Å²) in [7, 11) is 0. The van der Waals surface area contributed by atoms with Gasteiger partial charge in [0.05, 0.1) is 11.5 Å². The molecule has 0 N–H and O–H groups in total. The summed E-state index contributed by atoms with van der Waals surface area (Å²) < 4.78 is 6.42. The molecule has 0 spiro atoms. The van der Waals surface area contributed by atoms with Crippen LogP contribution in [0.2, 0.25) is 0 Å². The summed E-state index contributed by atoms with van der Waals surface area (Å²) in [5.41, 5.74) is 0.878. The van der Waals surface area contributed by atoms with Gasteiger partial charge in [-0.15, -0.1) is 0 Å². The number of imidazole rings is 1. The first-order valence-electron chi connectivity index (χ1n) is 5.57. The van der Waals surface area contributed by atoms with Crippen molar-refractivity contribution >= 4 is 11.7 Å². The Labute approximate surface area is 108 Å². The number of nitro groups is 1. The molecule has 7 nitrogen and oxygen atoms in total. The average Bonchev–Trinajstić information content (AvgIpc) is 2.89. The van der Waals surface area contributed by atoms with Gasteiger partial charge in [0, 0.05) is 24.0 Å². The van der Waals surface area contributed by atoms with Crippen molar-refractivity contribution in [2.45, 2.75) is 6.92 Å². The van der Waals surface area contributed by atoms with E-state index in [1.165, 1.54) is 24.7 Å². The predicted octanol–water partition coefficient (Wildman–Crippen LogP) is 1.96. The van der Waals surface area contributed by atoms with E-state index in [0.29, 0.717) is 5.69 Å². The second kappa shape index (κ2) is 5.30. The van der Waals surface area contributed by atoms with Gasteiger partial charge in [-0.1, -0.05) is 0 Å². The van der Waals surface area contributed by atoms with E-state index in [1.54, 1.807) is 23.6 Å². The van der Waals surface area contributed by atoms with Crippen molar-refractivity contribution in [2.75, 3.05) is 6.61 Å². The van der Waals surface area contributed by atoms with E-state index in [1.807, 2.05) is 0 Å². The van der Waals surface area contributed by atoms with Crippen LogP contribution in [0.3, 0.4) is 0 Å². The Morgan fingerprint density at radius 2 is 2.11 bits per heavy atom. The van der Waals surface area contributed by atoms with E-state index in [2.05, 4.69) is 4.98 Å². The van der Waals surface area contributed by atoms with Crippen molar-refractivity contribution < 1.29 is 14.5 Å². The van der Waals surface area contributed by atoms with Crippen LogP contribution >= 0.6 is 0 Å². The number of nitrogens with zero attached hydrogens (tertiary/aromatic N) is 3. The minimum absolute atomic E-state index is 0.00878. The lowest BCUT2D eigenvalue weighted by molar-refractivity contribution is -0.384. The van der Waals surface area contributed by atoms with Gasteiger partial charge < -0.3 is 9.30 Å². The molecule has 0 fully saturated rings. The van der Waals surface area contributed by atoms with Gasteiger partial charge in [-0.05, 0) is 19.1 Å². The number of hydrogen-bond acceptors (Lipinski definition) is 5. The van der Waals surface area contributed by atoms with E-state index >= 15 is 0 Å². The average molecular weight is 261 g/mol. The van der Waals surface area contributed by atoms with Crippen molar-refractivity contribution in [3.8, 4) is 5.69 Å². The van der Waals surface area contributed by atoms with Crippen LogP contribution in [0.15, 0.2) is 36.8 Å². The molecular formula is C12H11N3O4. The third kappa shape index (κ3) is 2.76. The molecule has 19 heavy (non-hydrogen) atoms. The Kier molecular flexibility index (Phi) is 3.56. The zero-order valence-corrected chi connectivity index (χ0v) is 10.1. The number of ether oxygens (including phenoxy) is 1. The fraction of sp³-hybridized carbons (Fsp3) is 0.167. The van der Waals surface area contributed by atoms with Crippen LogP contribution in [0.25, 0.3) is 5.69 Å². The second-order valence-corrected chi connectivity index (χ2v) is 3.66. The van der Waals surface area contributed by atoms with Gasteiger partial charge in [0.1, 0.15) is 6.33 Å². The monoisotopic (exact) mass is 261 g/mol. The van der Waals surface area contributed by atoms with E-state index < -0.39 is 10.9 Å². The first kappa shape index (κ1) is 12.7. The first-order chi connectivity index (χ1) is 9.11. The number of carbonyl (C=O) groups is 1. The third-order valence-corrected chi connectivity index (χ3v) is 2.43. The number of esters is 1. The number of non-ortho nitro benzene ring substituents is 1. The number of hydrogen-bond donors (Lipinski definition) is 0. The molecule has 1 heterocycles. The topological polar surface area (TPSA) is 87.3 Å². The third-order valence-electron chi connectivity index (χ3n) is 2.43. The van der Waals surface area contributed by atoms with E-state index in [4.69, 9.17) is 4.74 Å². The van der Waals surface area contributed by atoms with Gasteiger partial charge in [0.2, 0.25) is 0 Å². The summed E-state index contributed by atoms with van der Waals surface area (Å²) in [6.07, 6.45) is 2.96. The SMILES string of the molecule is CCOC(=O)c1cn(-c2ccc([N+](=O)[O-])cc2)cn1. The van der Waals surface area contributed by atoms with E-state index in [0.717, 1.165) is 0 Å². The van der Waals surface area contributed by atoms with Crippen LogP contribution in [0, 0.1) is 10.1 Å². The molecule has 1 aromatic heterocycles. The summed E-state index contributed by atoms with van der Waals surface area (Å²) in [4.78, 5) is 25.4. The van der Waals surface area contributed by atoms with Crippen LogP contribution in [-0.4, -0.2) is 27.1 Å². The molecule has 0 unspecified atom stereocenters. The largest absolute Gasteiger partial charge is 0.461 e. The zero-order valence-electron chi connectivity index (χ0n) is 10.1. The van der Waals surface area contributed by atoms with Crippen molar-refractivity contribution in [3.63, 3.8) is 0 Å². The normalized spacial score (nSPS) is 10.2. The van der Waals surface area contributed by atoms with Gasteiger partial charge >= 0.3 is 5.97 Å². The summed E-state index contributed by atoms with van der Waals surface area (Å²) in [6, 6.07) is 5.93. The van der Waals surface area contributed by atoms with Crippen molar-refractivity contribution in [1.82, 2.24) is 9.55 Å². The lowest BCUT2D eigenvalue weighted by atomic mass is 10.3. The Morgan fingerprint density at radius 1 is 1.42 bits per heavy atom. The number of rotatable bonds is 4. The Balaban J connectivity index is 2.23. The first-order valence-corrected chi connectivity index (χ1v) is 5.57. The quantitative estimate of drug-likeness (QED) is 0.477.